The maximum Gasteiger partial charge on any atom is 0.264 e. The summed E-state index contributed by atoms with van der Waals surface area (Å²) in [7, 11) is -4.21. The van der Waals surface area contributed by atoms with Crippen molar-refractivity contribution in [3.05, 3.63) is 84.2 Å². The minimum Gasteiger partial charge on any atom is -0.306 e. The van der Waals surface area contributed by atoms with E-state index in [-0.39, 0.29) is 5.69 Å². The molecule has 0 bridgehead atoms. The number of nitrogens with zero attached hydrogens (tertiary/aromatic N) is 2. The van der Waals surface area contributed by atoms with Crippen LogP contribution >= 0.6 is 0 Å². The summed E-state index contributed by atoms with van der Waals surface area (Å²) in [6.07, 6.45) is 3.73. The number of fused-ring (bicyclic) bond motifs is 1. The monoisotopic (exact) mass is 399 g/mol. The molecule has 4 rings (SSSR count). The van der Waals surface area contributed by atoms with E-state index in [1.807, 2.05) is 35.9 Å². The fourth-order valence-corrected chi connectivity index (χ4v) is 3.98. The Morgan fingerprint density at radius 3 is 2.64 bits per heavy atom. The molecule has 2 aromatic carbocycles. The predicted molar refractivity (Wildman–Crippen MR) is 103 cm³/mol. The molecule has 4 aromatic rings. The smallest absolute Gasteiger partial charge is 0.264 e. The summed E-state index contributed by atoms with van der Waals surface area (Å²) in [5, 5.41) is 0. The molecular weight excluding hydrogens is 384 g/mol. The number of halogens is 2. The van der Waals surface area contributed by atoms with Crippen LogP contribution in [0.5, 0.6) is 0 Å². The van der Waals surface area contributed by atoms with Crippen LogP contribution in [0.25, 0.3) is 16.9 Å². The minimum atomic E-state index is -4.21. The van der Waals surface area contributed by atoms with Gasteiger partial charge in [0.25, 0.3) is 10.0 Å². The Balaban J connectivity index is 1.68. The summed E-state index contributed by atoms with van der Waals surface area (Å²) in [6.45, 7) is 1.97. The van der Waals surface area contributed by atoms with Crippen molar-refractivity contribution in [1.29, 1.82) is 0 Å². The molecule has 2 heterocycles. The standard InChI is InChI=1S/C20H15F2N3O2S/c1-13-7-8-25-12-18(23-20(25)9-13)14-3-2-4-16(10-14)24-28(26,27)19-6-5-15(21)11-17(19)22/h2-12,24H,1H3. The number of hydrogen-bond acceptors (Lipinski definition) is 3. The van der Waals surface area contributed by atoms with Crippen molar-refractivity contribution >= 4 is 21.4 Å². The Morgan fingerprint density at radius 1 is 1.04 bits per heavy atom. The number of benzene rings is 2. The van der Waals surface area contributed by atoms with Crippen LogP contribution in [0.3, 0.4) is 0 Å². The Labute approximate surface area is 160 Å². The molecular formula is C20H15F2N3O2S. The van der Waals surface area contributed by atoms with E-state index in [1.165, 1.54) is 0 Å². The van der Waals surface area contributed by atoms with Crippen molar-refractivity contribution in [2.75, 3.05) is 4.72 Å². The lowest BCUT2D eigenvalue weighted by atomic mass is 10.1. The van der Waals surface area contributed by atoms with Gasteiger partial charge in [0, 0.05) is 29.7 Å². The molecule has 2 aromatic heterocycles. The SMILES string of the molecule is Cc1ccn2cc(-c3cccc(NS(=O)(=O)c4ccc(F)cc4F)c3)nc2c1. The van der Waals surface area contributed by atoms with Crippen LogP contribution < -0.4 is 4.72 Å². The van der Waals surface area contributed by atoms with Gasteiger partial charge in [-0.1, -0.05) is 12.1 Å². The number of rotatable bonds is 4. The van der Waals surface area contributed by atoms with Crippen molar-refractivity contribution < 1.29 is 17.2 Å². The van der Waals surface area contributed by atoms with Crippen molar-refractivity contribution in [3.8, 4) is 11.3 Å². The maximum atomic E-state index is 13.9. The third kappa shape index (κ3) is 3.46. The fourth-order valence-electron chi connectivity index (χ4n) is 2.87. The topological polar surface area (TPSA) is 63.5 Å². The Bertz CT molecular complexity index is 1300. The summed E-state index contributed by atoms with van der Waals surface area (Å²) in [5.74, 6) is -2.00. The second kappa shape index (κ2) is 6.72. The highest BCUT2D eigenvalue weighted by Crippen LogP contribution is 2.25. The predicted octanol–water partition coefficient (Wildman–Crippen LogP) is 4.39. The number of imidazole rings is 1. The molecule has 28 heavy (non-hydrogen) atoms. The van der Waals surface area contributed by atoms with Crippen molar-refractivity contribution in [3.63, 3.8) is 0 Å². The molecule has 0 saturated heterocycles. The fraction of sp³-hybridized carbons (Fsp3) is 0.0500. The van der Waals surface area contributed by atoms with Gasteiger partial charge in [0.1, 0.15) is 22.2 Å². The minimum absolute atomic E-state index is 0.245. The van der Waals surface area contributed by atoms with E-state index in [9.17, 15) is 17.2 Å². The summed E-state index contributed by atoms with van der Waals surface area (Å²) >= 11 is 0. The Kier molecular flexibility index (Phi) is 4.35. The number of hydrogen-bond donors (Lipinski definition) is 1. The third-order valence-electron chi connectivity index (χ3n) is 4.21. The molecule has 1 N–H and O–H groups in total. The van der Waals surface area contributed by atoms with Gasteiger partial charge in [0.15, 0.2) is 0 Å². The number of aromatic nitrogens is 2. The first-order valence-electron chi connectivity index (χ1n) is 8.35. The highest BCUT2D eigenvalue weighted by molar-refractivity contribution is 7.92. The van der Waals surface area contributed by atoms with Gasteiger partial charge in [0.05, 0.1) is 5.69 Å². The zero-order valence-electron chi connectivity index (χ0n) is 14.7. The number of nitrogens with one attached hydrogen (secondary N) is 1. The van der Waals surface area contributed by atoms with Gasteiger partial charge < -0.3 is 4.40 Å². The van der Waals surface area contributed by atoms with E-state index in [0.29, 0.717) is 17.3 Å². The summed E-state index contributed by atoms with van der Waals surface area (Å²) < 4.78 is 56.0. The van der Waals surface area contributed by atoms with Crippen LogP contribution in [0.4, 0.5) is 14.5 Å². The molecule has 0 saturated carbocycles. The number of sulfonamides is 1. The highest BCUT2D eigenvalue weighted by Gasteiger charge is 2.20. The Morgan fingerprint density at radius 2 is 1.86 bits per heavy atom. The van der Waals surface area contributed by atoms with E-state index >= 15 is 0 Å². The lowest BCUT2D eigenvalue weighted by Gasteiger charge is -2.10. The van der Waals surface area contributed by atoms with Crippen molar-refractivity contribution in [1.82, 2.24) is 9.38 Å². The third-order valence-corrected chi connectivity index (χ3v) is 5.62. The molecule has 0 aliphatic rings. The van der Waals surface area contributed by atoms with Gasteiger partial charge in [-0.05, 0) is 48.9 Å². The van der Waals surface area contributed by atoms with Gasteiger partial charge >= 0.3 is 0 Å². The van der Waals surface area contributed by atoms with E-state index in [4.69, 9.17) is 0 Å². The molecule has 0 aliphatic heterocycles. The normalized spacial score (nSPS) is 11.7. The average molecular weight is 399 g/mol. The van der Waals surface area contributed by atoms with Gasteiger partial charge in [-0.25, -0.2) is 22.2 Å². The summed E-state index contributed by atoms with van der Waals surface area (Å²) in [6, 6.07) is 12.8. The molecule has 142 valence electrons. The zero-order chi connectivity index (χ0) is 19.9. The molecule has 0 unspecified atom stereocenters. The number of anilines is 1. The number of pyridine rings is 1. The average Bonchev–Trinajstić information content (AvgIpc) is 3.04. The van der Waals surface area contributed by atoms with Crippen LogP contribution in [0, 0.1) is 18.6 Å². The second-order valence-corrected chi connectivity index (χ2v) is 8.01. The lowest BCUT2D eigenvalue weighted by Crippen LogP contribution is -2.14. The molecule has 5 nitrogen and oxygen atoms in total. The molecule has 8 heteroatoms. The van der Waals surface area contributed by atoms with Crippen LogP contribution in [0.1, 0.15) is 5.56 Å². The molecule has 0 atom stereocenters. The first kappa shape index (κ1) is 18.1. The van der Waals surface area contributed by atoms with Crippen LogP contribution in [0.15, 0.2) is 71.9 Å². The molecule has 0 aliphatic carbocycles. The van der Waals surface area contributed by atoms with Gasteiger partial charge in [-0.3, -0.25) is 4.72 Å². The summed E-state index contributed by atoms with van der Waals surface area (Å²) in [4.78, 5) is 3.92. The van der Waals surface area contributed by atoms with Crippen LogP contribution in [0.2, 0.25) is 0 Å². The molecule has 0 radical (unpaired) electrons. The number of aryl methyl sites for hydroxylation is 1. The lowest BCUT2D eigenvalue weighted by molar-refractivity contribution is 0.551. The molecule has 0 amide bonds. The zero-order valence-corrected chi connectivity index (χ0v) is 15.5. The van der Waals surface area contributed by atoms with E-state index < -0.39 is 26.6 Å². The van der Waals surface area contributed by atoms with Gasteiger partial charge in [-0.2, -0.15) is 0 Å². The van der Waals surface area contributed by atoms with Crippen molar-refractivity contribution in [2.24, 2.45) is 0 Å². The largest absolute Gasteiger partial charge is 0.306 e. The maximum absolute atomic E-state index is 13.9. The quantitative estimate of drug-likeness (QED) is 0.554. The van der Waals surface area contributed by atoms with Gasteiger partial charge in [-0.15, -0.1) is 0 Å². The first-order chi connectivity index (χ1) is 13.3. The highest BCUT2D eigenvalue weighted by atomic mass is 32.2. The second-order valence-electron chi connectivity index (χ2n) is 6.36. The van der Waals surface area contributed by atoms with Gasteiger partial charge in [0.2, 0.25) is 0 Å². The molecule has 0 fully saturated rings. The van der Waals surface area contributed by atoms with E-state index in [2.05, 4.69) is 9.71 Å². The van der Waals surface area contributed by atoms with E-state index in [1.54, 1.807) is 24.3 Å². The van der Waals surface area contributed by atoms with E-state index in [0.717, 1.165) is 23.3 Å². The molecule has 0 spiro atoms. The Hall–Kier alpha value is -3.26. The van der Waals surface area contributed by atoms with Crippen molar-refractivity contribution in [2.45, 2.75) is 11.8 Å². The van der Waals surface area contributed by atoms with Crippen LogP contribution in [-0.2, 0) is 10.0 Å². The summed E-state index contributed by atoms with van der Waals surface area (Å²) in [5.41, 5.74) is 3.46. The van der Waals surface area contributed by atoms with Crippen LogP contribution in [-0.4, -0.2) is 17.8 Å². The first-order valence-corrected chi connectivity index (χ1v) is 9.84.